The number of nitrogens with zero attached hydrogens (tertiary/aromatic N) is 1. The van der Waals surface area contributed by atoms with E-state index < -0.39 is 0 Å². The van der Waals surface area contributed by atoms with Crippen LogP contribution in [-0.4, -0.2) is 22.5 Å². The topological polar surface area (TPSA) is 65.2 Å². The van der Waals surface area contributed by atoms with Crippen LogP contribution in [0.4, 0.5) is 4.79 Å². The maximum Gasteiger partial charge on any atom is 0.318 e. The first-order chi connectivity index (χ1) is 11.8. The number of nitrogens with one attached hydrogen (secondary N) is 2. The first-order valence-corrected chi connectivity index (χ1v) is 8.58. The molecule has 1 saturated heterocycles. The highest BCUT2D eigenvalue weighted by molar-refractivity contribution is 5.76. The normalized spacial score (nSPS) is 18.6. The zero-order valence-electron chi connectivity index (χ0n) is 15.2. The van der Waals surface area contributed by atoms with E-state index in [1.54, 1.807) is 0 Å². The second-order valence-corrected chi connectivity index (χ2v) is 7.53. The number of pyridine rings is 1. The van der Waals surface area contributed by atoms with Crippen molar-refractivity contribution in [2.75, 3.05) is 6.54 Å². The number of amides is 2. The standard InChI is InChI=1S/C20H25N3O2/c1-13-10-14(2)22-18(24)16(13)11-21-19(25)23-12-20(3,4)17(23)15-8-6-5-7-9-15/h5-10,17H,11-12H2,1-4H3,(H,21,25)(H,22,24)/t17-/m0/s1. The molecule has 1 aromatic heterocycles. The third-order valence-electron chi connectivity index (χ3n) is 4.92. The van der Waals surface area contributed by atoms with Crippen LogP contribution in [0.3, 0.4) is 0 Å². The Morgan fingerprint density at radius 2 is 1.96 bits per heavy atom. The van der Waals surface area contributed by atoms with Crippen molar-refractivity contribution in [2.45, 2.75) is 40.3 Å². The van der Waals surface area contributed by atoms with Crippen molar-refractivity contribution in [3.8, 4) is 0 Å². The van der Waals surface area contributed by atoms with Gasteiger partial charge in [-0.3, -0.25) is 4.79 Å². The second kappa shape index (κ2) is 6.39. The molecular formula is C20H25N3O2. The van der Waals surface area contributed by atoms with Gasteiger partial charge in [-0.2, -0.15) is 0 Å². The van der Waals surface area contributed by atoms with Gasteiger partial charge in [-0.15, -0.1) is 0 Å². The molecule has 1 fully saturated rings. The molecule has 3 rings (SSSR count). The van der Waals surface area contributed by atoms with Crippen LogP contribution < -0.4 is 10.9 Å². The molecular weight excluding hydrogens is 314 g/mol. The lowest BCUT2D eigenvalue weighted by atomic mass is 9.72. The van der Waals surface area contributed by atoms with Crippen molar-refractivity contribution in [2.24, 2.45) is 5.41 Å². The maximum atomic E-state index is 12.7. The van der Waals surface area contributed by atoms with Crippen LogP contribution in [0.15, 0.2) is 41.2 Å². The number of aromatic amines is 1. The Hall–Kier alpha value is -2.56. The lowest BCUT2D eigenvalue weighted by molar-refractivity contribution is -0.0165. The number of H-pyrrole nitrogens is 1. The average molecular weight is 339 g/mol. The minimum Gasteiger partial charge on any atom is -0.334 e. The zero-order chi connectivity index (χ0) is 18.2. The van der Waals surface area contributed by atoms with Gasteiger partial charge in [0.25, 0.3) is 5.56 Å². The Labute approximate surface area is 148 Å². The number of benzene rings is 1. The molecule has 25 heavy (non-hydrogen) atoms. The number of hydrogen-bond donors (Lipinski definition) is 2. The fourth-order valence-electron chi connectivity index (χ4n) is 3.75. The van der Waals surface area contributed by atoms with Gasteiger partial charge in [0, 0.05) is 23.2 Å². The zero-order valence-corrected chi connectivity index (χ0v) is 15.2. The molecule has 5 nitrogen and oxygen atoms in total. The van der Waals surface area contributed by atoms with E-state index in [0.717, 1.165) is 16.8 Å². The van der Waals surface area contributed by atoms with E-state index in [1.807, 2.05) is 43.0 Å². The van der Waals surface area contributed by atoms with E-state index in [1.165, 1.54) is 0 Å². The highest BCUT2D eigenvalue weighted by Gasteiger charge is 2.48. The molecule has 0 radical (unpaired) electrons. The first kappa shape index (κ1) is 17.3. The molecule has 0 saturated carbocycles. The van der Waals surface area contributed by atoms with E-state index in [-0.39, 0.29) is 29.6 Å². The molecule has 2 N–H and O–H groups in total. The highest BCUT2D eigenvalue weighted by Crippen LogP contribution is 2.48. The molecule has 2 amide bonds. The van der Waals surface area contributed by atoms with Crippen LogP contribution in [0.1, 0.15) is 42.3 Å². The van der Waals surface area contributed by atoms with Crippen LogP contribution in [0.5, 0.6) is 0 Å². The van der Waals surface area contributed by atoms with Crippen molar-refractivity contribution >= 4 is 6.03 Å². The van der Waals surface area contributed by atoms with Gasteiger partial charge in [0.05, 0.1) is 12.6 Å². The highest BCUT2D eigenvalue weighted by atomic mass is 16.2. The molecule has 1 aliphatic heterocycles. The maximum absolute atomic E-state index is 12.7. The summed E-state index contributed by atoms with van der Waals surface area (Å²) in [4.78, 5) is 29.4. The van der Waals surface area contributed by atoms with Gasteiger partial charge in [0.15, 0.2) is 0 Å². The van der Waals surface area contributed by atoms with Crippen LogP contribution >= 0.6 is 0 Å². The lowest BCUT2D eigenvalue weighted by Crippen LogP contribution is -2.60. The number of aryl methyl sites for hydroxylation is 2. The Kier molecular flexibility index (Phi) is 4.41. The second-order valence-electron chi connectivity index (χ2n) is 7.53. The monoisotopic (exact) mass is 339 g/mol. The van der Waals surface area contributed by atoms with Crippen LogP contribution in [0.25, 0.3) is 0 Å². The minimum absolute atomic E-state index is 0.0376. The quantitative estimate of drug-likeness (QED) is 0.901. The molecule has 5 heteroatoms. The van der Waals surface area contributed by atoms with E-state index in [9.17, 15) is 9.59 Å². The van der Waals surface area contributed by atoms with Crippen molar-refractivity contribution < 1.29 is 4.79 Å². The molecule has 0 spiro atoms. The molecule has 1 aliphatic rings. The van der Waals surface area contributed by atoms with Crippen molar-refractivity contribution in [3.05, 3.63) is 69.1 Å². The Morgan fingerprint density at radius 1 is 1.28 bits per heavy atom. The fraction of sp³-hybridized carbons (Fsp3) is 0.400. The summed E-state index contributed by atoms with van der Waals surface area (Å²) in [7, 11) is 0. The largest absolute Gasteiger partial charge is 0.334 e. The fourth-order valence-corrected chi connectivity index (χ4v) is 3.75. The van der Waals surface area contributed by atoms with Crippen molar-refractivity contribution in [1.82, 2.24) is 15.2 Å². The third kappa shape index (κ3) is 3.31. The summed E-state index contributed by atoms with van der Waals surface area (Å²) in [6.45, 7) is 9.01. The molecule has 2 heterocycles. The van der Waals surface area contributed by atoms with E-state index in [2.05, 4.69) is 36.3 Å². The van der Waals surface area contributed by atoms with Crippen molar-refractivity contribution in [3.63, 3.8) is 0 Å². The Balaban J connectivity index is 1.73. The SMILES string of the molecule is Cc1cc(C)c(CNC(=O)N2CC(C)(C)[C@@H]2c2ccccc2)c(=O)[nH]1. The molecule has 0 aliphatic carbocycles. The molecule has 0 bridgehead atoms. The van der Waals surface area contributed by atoms with Gasteiger partial charge >= 0.3 is 6.03 Å². The molecule has 1 aromatic carbocycles. The minimum atomic E-state index is -0.138. The number of urea groups is 1. The number of carbonyl (C=O) groups excluding carboxylic acids is 1. The summed E-state index contributed by atoms with van der Waals surface area (Å²) in [5, 5.41) is 2.91. The summed E-state index contributed by atoms with van der Waals surface area (Å²) < 4.78 is 0. The number of likely N-dealkylation sites (tertiary alicyclic amines) is 1. The number of rotatable bonds is 3. The van der Waals surface area contributed by atoms with Crippen molar-refractivity contribution in [1.29, 1.82) is 0 Å². The van der Waals surface area contributed by atoms with Gasteiger partial charge in [-0.1, -0.05) is 44.2 Å². The van der Waals surface area contributed by atoms with Gasteiger partial charge in [0.1, 0.15) is 0 Å². The summed E-state index contributed by atoms with van der Waals surface area (Å²) >= 11 is 0. The first-order valence-electron chi connectivity index (χ1n) is 8.58. The van der Waals surface area contributed by atoms with E-state index in [4.69, 9.17) is 0 Å². The third-order valence-corrected chi connectivity index (χ3v) is 4.92. The van der Waals surface area contributed by atoms with Crippen LogP contribution in [0, 0.1) is 19.3 Å². The van der Waals surface area contributed by atoms with Gasteiger partial charge < -0.3 is 15.2 Å². The summed E-state index contributed by atoms with van der Waals surface area (Å²) in [6, 6.07) is 11.9. The lowest BCUT2D eigenvalue weighted by Gasteiger charge is -2.54. The summed E-state index contributed by atoms with van der Waals surface area (Å²) in [5.41, 5.74) is 3.36. The van der Waals surface area contributed by atoms with Crippen LogP contribution in [0.2, 0.25) is 0 Å². The summed E-state index contributed by atoms with van der Waals surface area (Å²) in [5.74, 6) is 0. The molecule has 0 unspecified atom stereocenters. The Morgan fingerprint density at radius 3 is 2.56 bits per heavy atom. The van der Waals surface area contributed by atoms with Crippen LogP contribution in [-0.2, 0) is 6.54 Å². The van der Waals surface area contributed by atoms with Gasteiger partial charge in [-0.05, 0) is 31.0 Å². The Bertz CT molecular complexity index is 840. The van der Waals surface area contributed by atoms with Gasteiger partial charge in [-0.25, -0.2) is 4.79 Å². The molecule has 132 valence electrons. The predicted octanol–water partition coefficient (Wildman–Crippen LogP) is 3.28. The summed E-state index contributed by atoms with van der Waals surface area (Å²) in [6.07, 6.45) is 0. The smallest absolute Gasteiger partial charge is 0.318 e. The molecule has 1 atom stereocenters. The number of hydrogen-bond acceptors (Lipinski definition) is 2. The average Bonchev–Trinajstić information content (AvgIpc) is 2.52. The van der Waals surface area contributed by atoms with E-state index >= 15 is 0 Å². The number of carbonyl (C=O) groups is 1. The van der Waals surface area contributed by atoms with Gasteiger partial charge in [0.2, 0.25) is 0 Å². The number of aromatic nitrogens is 1. The van der Waals surface area contributed by atoms with E-state index in [0.29, 0.717) is 12.1 Å². The molecule has 2 aromatic rings. The predicted molar refractivity (Wildman–Crippen MR) is 98.4 cm³/mol.